The third kappa shape index (κ3) is 4.76. The highest BCUT2D eigenvalue weighted by molar-refractivity contribution is 5.82. The number of aryl methyl sites for hydroxylation is 3. The smallest absolute Gasteiger partial charge is 0.223 e. The van der Waals surface area contributed by atoms with Crippen LogP contribution >= 0.6 is 0 Å². The van der Waals surface area contributed by atoms with Crippen LogP contribution in [-0.2, 0) is 29.2 Å². The van der Waals surface area contributed by atoms with E-state index < -0.39 is 0 Å². The van der Waals surface area contributed by atoms with Crippen molar-refractivity contribution in [2.24, 2.45) is 0 Å². The van der Waals surface area contributed by atoms with Crippen LogP contribution in [0, 0.1) is 13.8 Å². The number of rotatable bonds is 7. The fourth-order valence-corrected chi connectivity index (χ4v) is 3.49. The second-order valence-electron chi connectivity index (χ2n) is 7.28. The van der Waals surface area contributed by atoms with Gasteiger partial charge >= 0.3 is 0 Å². The van der Waals surface area contributed by atoms with Crippen molar-refractivity contribution in [3.63, 3.8) is 0 Å². The molecular weight excluding hydrogens is 340 g/mol. The molecular formula is C21H28N4O2. The van der Waals surface area contributed by atoms with Crippen LogP contribution in [0.15, 0.2) is 30.5 Å². The van der Waals surface area contributed by atoms with Gasteiger partial charge in [-0.3, -0.25) is 14.3 Å². The van der Waals surface area contributed by atoms with Crippen LogP contribution in [0.1, 0.15) is 48.6 Å². The van der Waals surface area contributed by atoms with Crippen molar-refractivity contribution in [2.75, 3.05) is 0 Å². The maximum Gasteiger partial charge on any atom is 0.223 e. The number of nitrogens with one attached hydrogen (secondary N) is 1. The SMILES string of the molecule is CCn1cc(CNC(=O)CC2CCC(=O)N2Cc2ccc(C)cc2)c(C)n1. The fraction of sp³-hybridized carbons (Fsp3) is 0.476. The summed E-state index contributed by atoms with van der Waals surface area (Å²) in [6, 6.07) is 8.17. The summed E-state index contributed by atoms with van der Waals surface area (Å²) in [6.45, 7) is 7.89. The van der Waals surface area contributed by atoms with Crippen molar-refractivity contribution in [1.29, 1.82) is 0 Å². The Balaban J connectivity index is 1.56. The summed E-state index contributed by atoms with van der Waals surface area (Å²) >= 11 is 0. The van der Waals surface area contributed by atoms with Crippen LogP contribution in [0.5, 0.6) is 0 Å². The molecule has 27 heavy (non-hydrogen) atoms. The summed E-state index contributed by atoms with van der Waals surface area (Å²) in [5, 5.41) is 7.38. The lowest BCUT2D eigenvalue weighted by Gasteiger charge is -2.24. The second-order valence-corrected chi connectivity index (χ2v) is 7.28. The molecule has 0 aliphatic carbocycles. The molecule has 0 saturated carbocycles. The zero-order chi connectivity index (χ0) is 19.4. The third-order valence-electron chi connectivity index (χ3n) is 5.20. The number of benzene rings is 1. The Morgan fingerprint density at radius 1 is 1.26 bits per heavy atom. The quantitative estimate of drug-likeness (QED) is 0.817. The Morgan fingerprint density at radius 3 is 2.67 bits per heavy atom. The van der Waals surface area contributed by atoms with Crippen LogP contribution in [0.25, 0.3) is 0 Å². The Bertz CT molecular complexity index is 810. The highest BCUT2D eigenvalue weighted by atomic mass is 16.2. The highest BCUT2D eigenvalue weighted by Gasteiger charge is 2.32. The number of aromatic nitrogens is 2. The van der Waals surface area contributed by atoms with Gasteiger partial charge in [0.1, 0.15) is 0 Å². The first-order chi connectivity index (χ1) is 13.0. The van der Waals surface area contributed by atoms with Gasteiger partial charge in [-0.25, -0.2) is 0 Å². The van der Waals surface area contributed by atoms with Crippen LogP contribution < -0.4 is 5.32 Å². The normalized spacial score (nSPS) is 16.8. The average Bonchev–Trinajstić information content (AvgIpc) is 3.18. The minimum absolute atomic E-state index is 0.0211. The Kier molecular flexibility index (Phi) is 5.94. The maximum atomic E-state index is 12.4. The van der Waals surface area contributed by atoms with Gasteiger partial charge in [-0.2, -0.15) is 5.10 Å². The van der Waals surface area contributed by atoms with Gasteiger partial charge in [0.25, 0.3) is 0 Å². The molecule has 1 N–H and O–H groups in total. The standard InChI is InChI=1S/C21H28N4O2/c1-4-24-14-18(16(3)23-24)12-22-20(26)11-19-9-10-21(27)25(19)13-17-7-5-15(2)6-8-17/h5-8,14,19H,4,9-13H2,1-3H3,(H,22,26). The van der Waals surface area contributed by atoms with Crippen LogP contribution in [0.3, 0.4) is 0 Å². The van der Waals surface area contributed by atoms with E-state index in [1.54, 1.807) is 0 Å². The predicted octanol–water partition coefficient (Wildman–Crippen LogP) is 2.72. The average molecular weight is 368 g/mol. The van der Waals surface area contributed by atoms with Crippen molar-refractivity contribution in [2.45, 2.75) is 65.7 Å². The number of hydrogen-bond acceptors (Lipinski definition) is 3. The molecule has 6 heteroatoms. The molecule has 1 aliphatic rings. The van der Waals surface area contributed by atoms with Gasteiger partial charge in [0.15, 0.2) is 0 Å². The van der Waals surface area contributed by atoms with Crippen molar-refractivity contribution in [3.8, 4) is 0 Å². The van der Waals surface area contributed by atoms with Gasteiger partial charge in [-0.1, -0.05) is 29.8 Å². The summed E-state index contributed by atoms with van der Waals surface area (Å²) in [4.78, 5) is 26.6. The van der Waals surface area contributed by atoms with Gasteiger partial charge in [-0.05, 0) is 32.8 Å². The molecule has 1 unspecified atom stereocenters. The van der Waals surface area contributed by atoms with Gasteiger partial charge in [0.05, 0.1) is 5.69 Å². The minimum Gasteiger partial charge on any atom is -0.352 e. The first-order valence-electron chi connectivity index (χ1n) is 9.61. The highest BCUT2D eigenvalue weighted by Crippen LogP contribution is 2.24. The summed E-state index contributed by atoms with van der Waals surface area (Å²) in [5.74, 6) is 0.112. The van der Waals surface area contributed by atoms with E-state index in [0.717, 1.165) is 29.8 Å². The van der Waals surface area contributed by atoms with Crippen LogP contribution in [0.2, 0.25) is 0 Å². The number of nitrogens with zero attached hydrogens (tertiary/aromatic N) is 3. The van der Waals surface area contributed by atoms with Gasteiger partial charge < -0.3 is 10.2 Å². The fourth-order valence-electron chi connectivity index (χ4n) is 3.49. The largest absolute Gasteiger partial charge is 0.352 e. The molecule has 3 rings (SSSR count). The molecule has 0 spiro atoms. The number of carbonyl (C=O) groups is 2. The summed E-state index contributed by atoms with van der Waals surface area (Å²) in [5.41, 5.74) is 4.27. The molecule has 1 fully saturated rings. The zero-order valence-electron chi connectivity index (χ0n) is 16.4. The summed E-state index contributed by atoms with van der Waals surface area (Å²) in [7, 11) is 0. The maximum absolute atomic E-state index is 12.4. The molecule has 1 saturated heterocycles. The van der Waals surface area contributed by atoms with E-state index in [4.69, 9.17) is 0 Å². The van der Waals surface area contributed by atoms with Gasteiger partial charge in [0, 0.05) is 50.3 Å². The second kappa shape index (κ2) is 8.37. The van der Waals surface area contributed by atoms with E-state index in [1.807, 2.05) is 48.7 Å². The van der Waals surface area contributed by atoms with E-state index in [2.05, 4.69) is 22.5 Å². The molecule has 1 aromatic carbocycles. The molecule has 1 atom stereocenters. The van der Waals surface area contributed by atoms with E-state index in [9.17, 15) is 9.59 Å². The molecule has 2 aromatic rings. The molecule has 6 nitrogen and oxygen atoms in total. The van der Waals surface area contributed by atoms with E-state index >= 15 is 0 Å². The molecule has 144 valence electrons. The molecule has 2 heterocycles. The van der Waals surface area contributed by atoms with E-state index in [1.165, 1.54) is 5.56 Å². The monoisotopic (exact) mass is 368 g/mol. The number of carbonyl (C=O) groups excluding carboxylic acids is 2. The lowest BCUT2D eigenvalue weighted by Crippen LogP contribution is -2.36. The third-order valence-corrected chi connectivity index (χ3v) is 5.20. The Labute approximate surface area is 160 Å². The van der Waals surface area contributed by atoms with Crippen molar-refractivity contribution >= 4 is 11.8 Å². The topological polar surface area (TPSA) is 67.2 Å². The first-order valence-corrected chi connectivity index (χ1v) is 9.61. The molecule has 0 bridgehead atoms. The predicted molar refractivity (Wildman–Crippen MR) is 104 cm³/mol. The van der Waals surface area contributed by atoms with E-state index in [0.29, 0.717) is 25.9 Å². The zero-order valence-corrected chi connectivity index (χ0v) is 16.4. The number of likely N-dealkylation sites (tertiary alicyclic amines) is 1. The van der Waals surface area contributed by atoms with Crippen LogP contribution in [0.4, 0.5) is 0 Å². The Hall–Kier alpha value is -2.63. The summed E-state index contributed by atoms with van der Waals surface area (Å²) < 4.78 is 1.87. The number of amides is 2. The summed E-state index contributed by atoms with van der Waals surface area (Å²) in [6.07, 6.45) is 3.58. The first kappa shape index (κ1) is 19.1. The lowest BCUT2D eigenvalue weighted by molar-refractivity contribution is -0.130. The van der Waals surface area contributed by atoms with Crippen LogP contribution in [-0.4, -0.2) is 32.5 Å². The lowest BCUT2D eigenvalue weighted by atomic mass is 10.1. The minimum atomic E-state index is -0.0294. The number of hydrogen-bond donors (Lipinski definition) is 1. The van der Waals surface area contributed by atoms with Crippen molar-refractivity contribution in [3.05, 3.63) is 52.8 Å². The molecule has 1 aromatic heterocycles. The molecule has 1 aliphatic heterocycles. The van der Waals surface area contributed by atoms with E-state index in [-0.39, 0.29) is 17.9 Å². The van der Waals surface area contributed by atoms with Gasteiger partial charge in [0.2, 0.25) is 11.8 Å². The Morgan fingerprint density at radius 2 is 2.00 bits per heavy atom. The van der Waals surface area contributed by atoms with Crippen molar-refractivity contribution in [1.82, 2.24) is 20.0 Å². The molecule has 0 radical (unpaired) electrons. The molecule has 2 amide bonds. The van der Waals surface area contributed by atoms with Crippen molar-refractivity contribution < 1.29 is 9.59 Å². The van der Waals surface area contributed by atoms with Gasteiger partial charge in [-0.15, -0.1) is 0 Å².